The van der Waals surface area contributed by atoms with Crippen LogP contribution in [-0.4, -0.2) is 9.91 Å². The van der Waals surface area contributed by atoms with Crippen LogP contribution < -0.4 is 5.32 Å². The number of rotatable bonds is 3. The van der Waals surface area contributed by atoms with Gasteiger partial charge in [-0.1, -0.05) is 27.5 Å². The van der Waals surface area contributed by atoms with Crippen LogP contribution in [-0.2, 0) is 0 Å². The number of nitrogens with zero attached hydrogens (tertiary/aromatic N) is 2. The Hall–Kier alpha value is -1.66. The van der Waals surface area contributed by atoms with E-state index in [0.29, 0.717) is 5.82 Å². The van der Waals surface area contributed by atoms with Crippen LogP contribution in [0.15, 0.2) is 40.9 Å². The van der Waals surface area contributed by atoms with E-state index in [2.05, 4.69) is 26.2 Å². The Morgan fingerprint density at radius 2 is 1.94 bits per heavy atom. The molecule has 7 heteroatoms. The summed E-state index contributed by atoms with van der Waals surface area (Å²) in [6, 6.07) is 9.86. The molecule has 92 valence electrons. The maximum Gasteiger partial charge on any atom is 0.276 e. The van der Waals surface area contributed by atoms with Gasteiger partial charge in [0.15, 0.2) is 0 Å². The van der Waals surface area contributed by atoms with Crippen molar-refractivity contribution < 1.29 is 4.92 Å². The van der Waals surface area contributed by atoms with Gasteiger partial charge in [0.1, 0.15) is 11.0 Å². The largest absolute Gasteiger partial charge is 0.340 e. The third kappa shape index (κ3) is 3.18. The van der Waals surface area contributed by atoms with E-state index in [1.807, 2.05) is 24.3 Å². The molecule has 18 heavy (non-hydrogen) atoms. The predicted molar refractivity (Wildman–Crippen MR) is 73.3 cm³/mol. The highest BCUT2D eigenvalue weighted by Gasteiger charge is 2.10. The first-order valence-electron chi connectivity index (χ1n) is 4.89. The van der Waals surface area contributed by atoms with Crippen molar-refractivity contribution in [3.05, 3.63) is 56.1 Å². The maximum absolute atomic E-state index is 10.7. The molecule has 1 N–H and O–H groups in total. The number of anilines is 2. The Morgan fingerprint density at radius 1 is 1.28 bits per heavy atom. The third-order valence-corrected chi connectivity index (χ3v) is 2.83. The van der Waals surface area contributed by atoms with Gasteiger partial charge in [0.05, 0.1) is 17.1 Å². The second-order valence-electron chi connectivity index (χ2n) is 3.42. The lowest BCUT2D eigenvalue weighted by Gasteiger charge is -2.05. The van der Waals surface area contributed by atoms with Crippen molar-refractivity contribution in [2.24, 2.45) is 0 Å². The molecule has 1 aromatic carbocycles. The number of benzene rings is 1. The summed E-state index contributed by atoms with van der Waals surface area (Å²) in [6.45, 7) is 0. The summed E-state index contributed by atoms with van der Waals surface area (Å²) in [7, 11) is 0. The average molecular weight is 329 g/mol. The summed E-state index contributed by atoms with van der Waals surface area (Å²) in [4.78, 5) is 14.1. The van der Waals surface area contributed by atoms with Gasteiger partial charge in [-0.15, -0.1) is 0 Å². The van der Waals surface area contributed by atoms with Crippen LogP contribution in [0.1, 0.15) is 0 Å². The van der Waals surface area contributed by atoms with Crippen LogP contribution in [0.4, 0.5) is 17.2 Å². The first-order chi connectivity index (χ1) is 8.54. The number of nitro groups is 1. The number of pyridine rings is 1. The van der Waals surface area contributed by atoms with Gasteiger partial charge in [-0.25, -0.2) is 4.98 Å². The molecule has 0 aliphatic rings. The molecule has 0 aliphatic heterocycles. The number of halogens is 2. The highest BCUT2D eigenvalue weighted by molar-refractivity contribution is 9.10. The summed E-state index contributed by atoms with van der Waals surface area (Å²) in [6.07, 6.45) is 0. The zero-order valence-electron chi connectivity index (χ0n) is 8.93. The molecule has 0 bridgehead atoms. The minimum atomic E-state index is -0.514. The van der Waals surface area contributed by atoms with E-state index in [1.54, 1.807) is 0 Å². The fourth-order valence-electron chi connectivity index (χ4n) is 1.33. The summed E-state index contributed by atoms with van der Waals surface area (Å²) < 4.78 is 0.943. The highest BCUT2D eigenvalue weighted by atomic mass is 79.9. The molecule has 0 spiro atoms. The lowest BCUT2D eigenvalue weighted by molar-refractivity contribution is -0.384. The van der Waals surface area contributed by atoms with Crippen molar-refractivity contribution in [1.29, 1.82) is 0 Å². The van der Waals surface area contributed by atoms with Crippen LogP contribution in [0, 0.1) is 10.1 Å². The quantitative estimate of drug-likeness (QED) is 0.522. The van der Waals surface area contributed by atoms with Crippen molar-refractivity contribution >= 4 is 44.7 Å². The Bertz CT molecular complexity index is 589. The highest BCUT2D eigenvalue weighted by Crippen LogP contribution is 2.24. The number of hydrogen-bond donors (Lipinski definition) is 1. The summed E-state index contributed by atoms with van der Waals surface area (Å²) >= 11 is 9.04. The van der Waals surface area contributed by atoms with Gasteiger partial charge >= 0.3 is 0 Å². The molecule has 0 atom stereocenters. The molecule has 2 rings (SSSR count). The van der Waals surface area contributed by atoms with Gasteiger partial charge in [0.25, 0.3) is 5.69 Å². The van der Waals surface area contributed by atoms with Gasteiger partial charge in [-0.05, 0) is 24.3 Å². The van der Waals surface area contributed by atoms with Gasteiger partial charge < -0.3 is 5.32 Å². The molecule has 1 aromatic heterocycles. The van der Waals surface area contributed by atoms with Crippen LogP contribution in [0.5, 0.6) is 0 Å². The SMILES string of the molecule is O=[N+]([O-])c1cc(Cl)nc(Nc2ccc(Br)cc2)c1. The first kappa shape index (κ1) is 12.8. The van der Waals surface area contributed by atoms with E-state index < -0.39 is 4.92 Å². The third-order valence-electron chi connectivity index (χ3n) is 2.11. The van der Waals surface area contributed by atoms with Gasteiger partial charge in [0.2, 0.25) is 0 Å². The summed E-state index contributed by atoms with van der Waals surface area (Å²) in [5.74, 6) is 0.330. The average Bonchev–Trinajstić information content (AvgIpc) is 2.31. The lowest BCUT2D eigenvalue weighted by atomic mass is 10.3. The monoisotopic (exact) mass is 327 g/mol. The fraction of sp³-hybridized carbons (Fsp3) is 0. The lowest BCUT2D eigenvalue weighted by Crippen LogP contribution is -1.96. The Morgan fingerprint density at radius 3 is 2.56 bits per heavy atom. The van der Waals surface area contributed by atoms with Gasteiger partial charge in [0, 0.05) is 10.2 Å². The normalized spacial score (nSPS) is 10.1. The molecule has 0 fully saturated rings. The van der Waals surface area contributed by atoms with Crippen molar-refractivity contribution in [3.8, 4) is 0 Å². The van der Waals surface area contributed by atoms with E-state index in [9.17, 15) is 10.1 Å². The van der Waals surface area contributed by atoms with Gasteiger partial charge in [-0.2, -0.15) is 0 Å². The summed E-state index contributed by atoms with van der Waals surface area (Å²) in [5, 5.41) is 13.7. The second kappa shape index (κ2) is 5.32. The fourth-order valence-corrected chi connectivity index (χ4v) is 1.80. The smallest absolute Gasteiger partial charge is 0.276 e. The maximum atomic E-state index is 10.7. The van der Waals surface area contributed by atoms with Crippen molar-refractivity contribution in [2.45, 2.75) is 0 Å². The Balaban J connectivity index is 2.28. The van der Waals surface area contributed by atoms with Gasteiger partial charge in [-0.3, -0.25) is 10.1 Å². The minimum absolute atomic E-state index is 0.0730. The topological polar surface area (TPSA) is 68.1 Å². The molecule has 0 saturated heterocycles. The Labute approximate surface area is 116 Å². The molecule has 0 saturated carbocycles. The van der Waals surface area contributed by atoms with Crippen molar-refractivity contribution in [1.82, 2.24) is 4.98 Å². The zero-order valence-corrected chi connectivity index (χ0v) is 11.3. The molecule has 0 amide bonds. The van der Waals surface area contributed by atoms with Crippen molar-refractivity contribution in [3.63, 3.8) is 0 Å². The van der Waals surface area contributed by atoms with Crippen LogP contribution in [0.25, 0.3) is 0 Å². The van der Waals surface area contributed by atoms with Crippen LogP contribution in [0.3, 0.4) is 0 Å². The molecule has 1 heterocycles. The molecule has 0 radical (unpaired) electrons. The zero-order chi connectivity index (χ0) is 13.1. The van der Waals surface area contributed by atoms with Crippen LogP contribution in [0.2, 0.25) is 5.15 Å². The molecule has 0 aliphatic carbocycles. The number of nitrogens with one attached hydrogen (secondary N) is 1. The molecule has 5 nitrogen and oxygen atoms in total. The molecule has 0 unspecified atom stereocenters. The van der Waals surface area contributed by atoms with E-state index >= 15 is 0 Å². The molecular formula is C11H7BrClN3O2. The van der Waals surface area contributed by atoms with E-state index in [4.69, 9.17) is 11.6 Å². The standard InChI is InChI=1S/C11H7BrClN3O2/c12-7-1-3-8(4-2-7)14-11-6-9(16(17)18)5-10(13)15-11/h1-6H,(H,14,15). The summed E-state index contributed by atoms with van der Waals surface area (Å²) in [5.41, 5.74) is 0.664. The number of hydrogen-bond acceptors (Lipinski definition) is 4. The second-order valence-corrected chi connectivity index (χ2v) is 4.73. The minimum Gasteiger partial charge on any atom is -0.340 e. The first-order valence-corrected chi connectivity index (χ1v) is 6.06. The Kier molecular flexibility index (Phi) is 3.78. The van der Waals surface area contributed by atoms with Crippen LogP contribution >= 0.6 is 27.5 Å². The predicted octanol–water partition coefficient (Wildman–Crippen LogP) is 4.15. The number of aromatic nitrogens is 1. The van der Waals surface area contributed by atoms with E-state index in [-0.39, 0.29) is 10.8 Å². The molecular weight excluding hydrogens is 321 g/mol. The van der Waals surface area contributed by atoms with E-state index in [1.165, 1.54) is 12.1 Å². The van der Waals surface area contributed by atoms with E-state index in [0.717, 1.165) is 10.2 Å². The molecule has 2 aromatic rings. The van der Waals surface area contributed by atoms with Crippen molar-refractivity contribution in [2.75, 3.05) is 5.32 Å².